The molecule has 1 saturated carbocycles. The van der Waals surface area contributed by atoms with Crippen molar-refractivity contribution in [3.8, 4) is 0 Å². The summed E-state index contributed by atoms with van der Waals surface area (Å²) >= 11 is 0. The average molecular weight is 221 g/mol. The van der Waals surface area contributed by atoms with E-state index in [1.165, 1.54) is 32.1 Å². The molecule has 0 radical (unpaired) electrons. The van der Waals surface area contributed by atoms with E-state index >= 15 is 0 Å². The lowest BCUT2D eigenvalue weighted by Gasteiger charge is -2.26. The maximum atomic E-state index is 4.25. The van der Waals surface area contributed by atoms with E-state index in [4.69, 9.17) is 0 Å². The molecule has 2 unspecified atom stereocenters. The summed E-state index contributed by atoms with van der Waals surface area (Å²) in [5, 5.41) is 3.36. The number of aromatic amines is 1. The summed E-state index contributed by atoms with van der Waals surface area (Å²) in [7, 11) is 0. The molecule has 0 bridgehead atoms. The molecule has 2 atom stereocenters. The monoisotopic (exact) mass is 221 g/mol. The Hall–Kier alpha value is -0.990. The highest BCUT2D eigenvalue weighted by Crippen LogP contribution is 2.30. The van der Waals surface area contributed by atoms with E-state index in [1.54, 1.807) is 0 Å². The maximum absolute atomic E-state index is 4.25. The fourth-order valence-electron chi connectivity index (χ4n) is 2.72. The second-order valence-corrected chi connectivity index (χ2v) is 5.27. The first-order valence-electron chi connectivity index (χ1n) is 6.49. The minimum atomic E-state index is 0.918. The average Bonchev–Trinajstić information content (AvgIpc) is 2.64. The third kappa shape index (κ3) is 3.26. The lowest BCUT2D eigenvalue weighted by molar-refractivity contribution is 0.274. The standard InChI is InChI=1S/C13H23N3/c1-10-4-3-5-12(8-10)6-7-14-13-15-9-11(2)16-13/h9-10,12H,3-8H2,1-2H3,(H2,14,15,16). The predicted octanol–water partition coefficient (Wildman–Crippen LogP) is 3.35. The lowest BCUT2D eigenvalue weighted by Crippen LogP contribution is -2.16. The van der Waals surface area contributed by atoms with E-state index in [0.717, 1.165) is 30.0 Å². The summed E-state index contributed by atoms with van der Waals surface area (Å²) in [6.45, 7) is 5.46. The van der Waals surface area contributed by atoms with Gasteiger partial charge in [-0.15, -0.1) is 0 Å². The van der Waals surface area contributed by atoms with Crippen molar-refractivity contribution in [2.45, 2.75) is 46.0 Å². The van der Waals surface area contributed by atoms with Gasteiger partial charge in [-0.2, -0.15) is 0 Å². The zero-order chi connectivity index (χ0) is 11.4. The van der Waals surface area contributed by atoms with Crippen molar-refractivity contribution in [2.75, 3.05) is 11.9 Å². The molecule has 1 aliphatic rings. The topological polar surface area (TPSA) is 40.7 Å². The largest absolute Gasteiger partial charge is 0.356 e. The van der Waals surface area contributed by atoms with Gasteiger partial charge in [0.15, 0.2) is 5.95 Å². The Bertz CT molecular complexity index is 319. The number of nitrogens with zero attached hydrogens (tertiary/aromatic N) is 1. The van der Waals surface area contributed by atoms with Gasteiger partial charge in [0, 0.05) is 18.4 Å². The number of H-pyrrole nitrogens is 1. The van der Waals surface area contributed by atoms with Crippen LogP contribution in [-0.2, 0) is 0 Å². The van der Waals surface area contributed by atoms with Crippen molar-refractivity contribution >= 4 is 5.95 Å². The molecule has 2 N–H and O–H groups in total. The zero-order valence-corrected chi connectivity index (χ0v) is 10.4. The van der Waals surface area contributed by atoms with Crippen LogP contribution in [0.25, 0.3) is 0 Å². The molecule has 0 aliphatic heterocycles. The number of aromatic nitrogens is 2. The molecule has 1 fully saturated rings. The van der Waals surface area contributed by atoms with Gasteiger partial charge in [0.05, 0.1) is 0 Å². The quantitative estimate of drug-likeness (QED) is 0.818. The van der Waals surface area contributed by atoms with Crippen LogP contribution in [0.1, 0.15) is 44.7 Å². The van der Waals surface area contributed by atoms with E-state index in [-0.39, 0.29) is 0 Å². The van der Waals surface area contributed by atoms with Crippen molar-refractivity contribution in [1.29, 1.82) is 0 Å². The van der Waals surface area contributed by atoms with Crippen molar-refractivity contribution in [3.63, 3.8) is 0 Å². The lowest BCUT2D eigenvalue weighted by atomic mass is 9.81. The molecule has 1 heterocycles. The Balaban J connectivity index is 1.67. The van der Waals surface area contributed by atoms with Crippen LogP contribution in [0.4, 0.5) is 5.95 Å². The highest BCUT2D eigenvalue weighted by atomic mass is 15.1. The third-order valence-corrected chi connectivity index (χ3v) is 3.59. The number of hydrogen-bond donors (Lipinski definition) is 2. The van der Waals surface area contributed by atoms with Crippen molar-refractivity contribution in [1.82, 2.24) is 9.97 Å². The van der Waals surface area contributed by atoms with Gasteiger partial charge < -0.3 is 10.3 Å². The first kappa shape index (κ1) is 11.5. The van der Waals surface area contributed by atoms with Gasteiger partial charge in [0.25, 0.3) is 0 Å². The van der Waals surface area contributed by atoms with Crippen LogP contribution in [0, 0.1) is 18.8 Å². The summed E-state index contributed by atoms with van der Waals surface area (Å²) in [4.78, 5) is 7.45. The molecule has 0 saturated heterocycles. The Morgan fingerprint density at radius 3 is 3.06 bits per heavy atom. The minimum absolute atomic E-state index is 0.918. The summed E-state index contributed by atoms with van der Waals surface area (Å²) in [5.41, 5.74) is 1.12. The molecule has 0 spiro atoms. The molecular weight excluding hydrogens is 198 g/mol. The number of aryl methyl sites for hydroxylation is 1. The highest BCUT2D eigenvalue weighted by Gasteiger charge is 2.18. The number of anilines is 1. The van der Waals surface area contributed by atoms with Crippen LogP contribution < -0.4 is 5.32 Å². The second kappa shape index (κ2) is 5.37. The van der Waals surface area contributed by atoms with Crippen molar-refractivity contribution in [2.24, 2.45) is 11.8 Å². The fraction of sp³-hybridized carbons (Fsp3) is 0.769. The van der Waals surface area contributed by atoms with E-state index < -0.39 is 0 Å². The predicted molar refractivity (Wildman–Crippen MR) is 67.6 cm³/mol. The molecule has 0 aromatic carbocycles. The summed E-state index contributed by atoms with van der Waals surface area (Å²) < 4.78 is 0. The van der Waals surface area contributed by atoms with Crippen LogP contribution in [0.3, 0.4) is 0 Å². The van der Waals surface area contributed by atoms with E-state index in [2.05, 4.69) is 22.2 Å². The van der Waals surface area contributed by atoms with E-state index in [0.29, 0.717) is 0 Å². The summed E-state index contributed by atoms with van der Waals surface area (Å²) in [5.74, 6) is 2.78. The fourth-order valence-corrected chi connectivity index (χ4v) is 2.72. The Kier molecular flexibility index (Phi) is 3.86. The van der Waals surface area contributed by atoms with Gasteiger partial charge in [-0.25, -0.2) is 4.98 Å². The number of imidazole rings is 1. The van der Waals surface area contributed by atoms with Crippen LogP contribution >= 0.6 is 0 Å². The molecule has 0 amide bonds. The van der Waals surface area contributed by atoms with Gasteiger partial charge in [0.1, 0.15) is 0 Å². The van der Waals surface area contributed by atoms with Crippen molar-refractivity contribution < 1.29 is 0 Å². The minimum Gasteiger partial charge on any atom is -0.356 e. The van der Waals surface area contributed by atoms with E-state index in [9.17, 15) is 0 Å². The second-order valence-electron chi connectivity index (χ2n) is 5.27. The Morgan fingerprint density at radius 1 is 1.50 bits per heavy atom. The molecule has 90 valence electrons. The SMILES string of the molecule is Cc1cnc(NCCC2CCCC(C)C2)[nH]1. The Morgan fingerprint density at radius 2 is 2.38 bits per heavy atom. The van der Waals surface area contributed by atoms with Gasteiger partial charge in [-0.1, -0.05) is 26.2 Å². The smallest absolute Gasteiger partial charge is 0.200 e. The van der Waals surface area contributed by atoms with Crippen molar-refractivity contribution in [3.05, 3.63) is 11.9 Å². The molecule has 2 rings (SSSR count). The van der Waals surface area contributed by atoms with Gasteiger partial charge in [-0.3, -0.25) is 0 Å². The normalized spacial score (nSPS) is 25.6. The molecule has 1 aromatic rings. The molecule has 16 heavy (non-hydrogen) atoms. The first-order chi connectivity index (χ1) is 7.74. The van der Waals surface area contributed by atoms with Gasteiger partial charge in [0.2, 0.25) is 0 Å². The molecule has 1 aliphatic carbocycles. The highest BCUT2D eigenvalue weighted by molar-refractivity contribution is 5.25. The zero-order valence-electron chi connectivity index (χ0n) is 10.4. The van der Waals surface area contributed by atoms with Crippen LogP contribution in [0.15, 0.2) is 6.20 Å². The summed E-state index contributed by atoms with van der Waals surface area (Å²) in [6.07, 6.45) is 8.84. The number of rotatable bonds is 4. The number of hydrogen-bond acceptors (Lipinski definition) is 2. The van der Waals surface area contributed by atoms with E-state index in [1.807, 2.05) is 13.1 Å². The molecule has 3 heteroatoms. The third-order valence-electron chi connectivity index (χ3n) is 3.59. The van der Waals surface area contributed by atoms with Crippen LogP contribution in [-0.4, -0.2) is 16.5 Å². The molecule has 3 nitrogen and oxygen atoms in total. The summed E-state index contributed by atoms with van der Waals surface area (Å²) in [6, 6.07) is 0. The van der Waals surface area contributed by atoms with Gasteiger partial charge in [-0.05, 0) is 31.6 Å². The Labute approximate surface area is 98.1 Å². The number of nitrogens with one attached hydrogen (secondary N) is 2. The first-order valence-corrected chi connectivity index (χ1v) is 6.49. The maximum Gasteiger partial charge on any atom is 0.200 e. The van der Waals surface area contributed by atoms with Crippen LogP contribution in [0.5, 0.6) is 0 Å². The van der Waals surface area contributed by atoms with Crippen LogP contribution in [0.2, 0.25) is 0 Å². The van der Waals surface area contributed by atoms with Gasteiger partial charge >= 0.3 is 0 Å². The molecule has 1 aromatic heterocycles. The molecular formula is C13H23N3.